The quantitative estimate of drug-likeness (QED) is 0.897. The summed E-state index contributed by atoms with van der Waals surface area (Å²) >= 11 is 0. The molecule has 4 nitrogen and oxygen atoms in total. The average molecular weight is 268 g/mol. The van der Waals surface area contributed by atoms with E-state index in [-0.39, 0.29) is 0 Å². The smallest absolute Gasteiger partial charge is 0.372 e. The number of hydrogen-bond acceptors (Lipinski definition) is 4. The lowest BCUT2D eigenvalue weighted by atomic mass is 10.2. The first kappa shape index (κ1) is 13.1. The van der Waals surface area contributed by atoms with E-state index >= 15 is 0 Å². The fourth-order valence-corrected chi connectivity index (χ4v) is 1.47. The number of alkyl halides is 3. The molecule has 100 valence electrons. The van der Waals surface area contributed by atoms with Crippen molar-refractivity contribution in [2.45, 2.75) is 6.18 Å². The molecule has 0 saturated carbocycles. The van der Waals surface area contributed by atoms with Crippen LogP contribution in [0.3, 0.4) is 0 Å². The van der Waals surface area contributed by atoms with E-state index in [4.69, 9.17) is 0 Å². The lowest BCUT2D eigenvalue weighted by Gasteiger charge is -2.10. The van der Waals surface area contributed by atoms with Crippen LogP contribution in [0, 0.1) is 0 Å². The van der Waals surface area contributed by atoms with Gasteiger partial charge in [0.15, 0.2) is 5.82 Å². The minimum Gasteiger partial charge on any atom is -0.372 e. The number of benzene rings is 1. The van der Waals surface area contributed by atoms with Gasteiger partial charge in [-0.15, -0.1) is 0 Å². The summed E-state index contributed by atoms with van der Waals surface area (Å²) in [6.45, 7) is 0. The molecule has 1 aromatic carbocycles. The Morgan fingerprint density at radius 1 is 1.11 bits per heavy atom. The highest BCUT2D eigenvalue weighted by atomic mass is 19.4. The van der Waals surface area contributed by atoms with Gasteiger partial charge in [0.05, 0.1) is 18.0 Å². The maximum Gasteiger partial charge on any atom is 0.416 e. The fraction of sp³-hybridized carbons (Fsp3) is 0.167. The Morgan fingerprint density at radius 3 is 2.53 bits per heavy atom. The summed E-state index contributed by atoms with van der Waals surface area (Å²) in [4.78, 5) is 8.03. The molecule has 0 fully saturated rings. The second-order valence-electron chi connectivity index (χ2n) is 3.74. The summed E-state index contributed by atoms with van der Waals surface area (Å²) in [5.41, 5.74) is -0.410. The van der Waals surface area contributed by atoms with E-state index in [1.165, 1.54) is 24.5 Å². The van der Waals surface area contributed by atoms with Gasteiger partial charge in [-0.1, -0.05) is 6.07 Å². The van der Waals surface area contributed by atoms with Crippen LogP contribution in [0.2, 0.25) is 0 Å². The van der Waals surface area contributed by atoms with Crippen molar-refractivity contribution >= 4 is 17.3 Å². The molecule has 0 amide bonds. The maximum absolute atomic E-state index is 12.6. The molecule has 19 heavy (non-hydrogen) atoms. The molecule has 1 heterocycles. The number of halogens is 3. The first-order valence-electron chi connectivity index (χ1n) is 5.43. The van der Waals surface area contributed by atoms with E-state index in [2.05, 4.69) is 20.6 Å². The van der Waals surface area contributed by atoms with Crippen LogP contribution >= 0.6 is 0 Å². The third-order valence-electron chi connectivity index (χ3n) is 2.35. The van der Waals surface area contributed by atoms with Crippen LogP contribution in [0.4, 0.5) is 30.5 Å². The molecule has 0 bridgehead atoms. The second kappa shape index (κ2) is 5.13. The van der Waals surface area contributed by atoms with Crippen LogP contribution in [0.25, 0.3) is 0 Å². The second-order valence-corrected chi connectivity index (χ2v) is 3.74. The topological polar surface area (TPSA) is 49.8 Å². The number of nitrogens with zero attached hydrogens (tertiary/aromatic N) is 2. The normalized spacial score (nSPS) is 11.2. The van der Waals surface area contributed by atoms with E-state index in [0.29, 0.717) is 17.3 Å². The first-order chi connectivity index (χ1) is 8.99. The van der Waals surface area contributed by atoms with Gasteiger partial charge in [-0.05, 0) is 18.2 Å². The van der Waals surface area contributed by atoms with Gasteiger partial charge >= 0.3 is 6.18 Å². The highest BCUT2D eigenvalue weighted by molar-refractivity contribution is 5.57. The summed E-state index contributed by atoms with van der Waals surface area (Å²) in [5, 5.41) is 5.57. The summed E-state index contributed by atoms with van der Waals surface area (Å²) in [5.74, 6) is 0.892. The molecule has 0 aliphatic rings. The van der Waals surface area contributed by atoms with Crippen molar-refractivity contribution in [3.8, 4) is 0 Å². The molecule has 0 aliphatic heterocycles. The van der Waals surface area contributed by atoms with Gasteiger partial charge in [-0.3, -0.25) is 4.98 Å². The Morgan fingerprint density at radius 2 is 1.84 bits per heavy atom. The van der Waals surface area contributed by atoms with Gasteiger partial charge in [-0.25, -0.2) is 4.98 Å². The summed E-state index contributed by atoms with van der Waals surface area (Å²) in [6.07, 6.45) is -1.42. The van der Waals surface area contributed by atoms with Gasteiger partial charge in [0.1, 0.15) is 5.82 Å². The molecule has 2 aromatic rings. The molecule has 0 aliphatic carbocycles. The van der Waals surface area contributed by atoms with Crippen molar-refractivity contribution in [3.63, 3.8) is 0 Å². The summed E-state index contributed by atoms with van der Waals surface area (Å²) in [7, 11) is 1.68. The number of anilines is 3. The summed E-state index contributed by atoms with van der Waals surface area (Å²) in [6, 6.07) is 4.90. The molecule has 0 saturated heterocycles. The number of hydrogen-bond donors (Lipinski definition) is 2. The number of nitrogens with one attached hydrogen (secondary N) is 2. The zero-order valence-electron chi connectivity index (χ0n) is 9.99. The standard InChI is InChI=1S/C12H11F3N4/c1-16-10-6-17-7-11(19-10)18-9-4-2-3-8(5-9)12(13,14)15/h2-7H,1H3,(H2,16,18,19). The van der Waals surface area contributed by atoms with Gasteiger partial charge in [-0.2, -0.15) is 13.2 Å². The zero-order valence-corrected chi connectivity index (χ0v) is 9.99. The van der Waals surface area contributed by atoms with Crippen molar-refractivity contribution in [1.82, 2.24) is 9.97 Å². The molecule has 7 heteroatoms. The Hall–Kier alpha value is -2.31. The van der Waals surface area contributed by atoms with Crippen LogP contribution in [-0.2, 0) is 6.18 Å². The van der Waals surface area contributed by atoms with E-state index in [9.17, 15) is 13.2 Å². The highest BCUT2D eigenvalue weighted by Crippen LogP contribution is 2.31. The van der Waals surface area contributed by atoms with Crippen molar-refractivity contribution in [2.75, 3.05) is 17.7 Å². The Labute approximate surface area is 107 Å². The van der Waals surface area contributed by atoms with E-state index in [1.54, 1.807) is 7.05 Å². The fourth-order valence-electron chi connectivity index (χ4n) is 1.47. The van der Waals surface area contributed by atoms with Crippen LogP contribution in [-0.4, -0.2) is 17.0 Å². The van der Waals surface area contributed by atoms with Gasteiger partial charge in [0, 0.05) is 12.7 Å². The molecule has 0 unspecified atom stereocenters. The highest BCUT2D eigenvalue weighted by Gasteiger charge is 2.30. The Bertz CT molecular complexity index is 569. The molecule has 2 rings (SSSR count). The van der Waals surface area contributed by atoms with Crippen LogP contribution in [0.5, 0.6) is 0 Å². The van der Waals surface area contributed by atoms with E-state index < -0.39 is 11.7 Å². The monoisotopic (exact) mass is 268 g/mol. The average Bonchev–Trinajstić information content (AvgIpc) is 2.38. The van der Waals surface area contributed by atoms with Crippen molar-refractivity contribution in [3.05, 3.63) is 42.2 Å². The largest absolute Gasteiger partial charge is 0.416 e. The number of rotatable bonds is 3. The van der Waals surface area contributed by atoms with E-state index in [1.807, 2.05) is 0 Å². The zero-order chi connectivity index (χ0) is 13.9. The molecular weight excluding hydrogens is 257 g/mol. The van der Waals surface area contributed by atoms with Gasteiger partial charge in [0.2, 0.25) is 0 Å². The Balaban J connectivity index is 2.23. The SMILES string of the molecule is CNc1cncc(Nc2cccc(C(F)(F)F)c2)n1. The molecule has 0 atom stereocenters. The molecule has 2 N–H and O–H groups in total. The van der Waals surface area contributed by atoms with Gasteiger partial charge < -0.3 is 10.6 Å². The molecular formula is C12H11F3N4. The first-order valence-corrected chi connectivity index (χ1v) is 5.43. The minimum atomic E-state index is -4.36. The third kappa shape index (κ3) is 3.34. The van der Waals surface area contributed by atoms with Crippen molar-refractivity contribution in [2.24, 2.45) is 0 Å². The summed E-state index contributed by atoms with van der Waals surface area (Å²) < 4.78 is 37.7. The van der Waals surface area contributed by atoms with E-state index in [0.717, 1.165) is 12.1 Å². The minimum absolute atomic E-state index is 0.303. The van der Waals surface area contributed by atoms with Crippen molar-refractivity contribution in [1.29, 1.82) is 0 Å². The molecule has 0 spiro atoms. The van der Waals surface area contributed by atoms with Crippen molar-refractivity contribution < 1.29 is 13.2 Å². The Kier molecular flexibility index (Phi) is 3.55. The predicted octanol–water partition coefficient (Wildman–Crippen LogP) is 3.28. The number of aromatic nitrogens is 2. The molecule has 0 radical (unpaired) electrons. The van der Waals surface area contributed by atoms with Crippen LogP contribution in [0.1, 0.15) is 5.56 Å². The van der Waals surface area contributed by atoms with Crippen LogP contribution < -0.4 is 10.6 Å². The predicted molar refractivity (Wildman–Crippen MR) is 66.3 cm³/mol. The molecule has 1 aromatic heterocycles. The van der Waals surface area contributed by atoms with Gasteiger partial charge in [0.25, 0.3) is 0 Å². The lowest BCUT2D eigenvalue weighted by Crippen LogP contribution is -2.05. The lowest BCUT2D eigenvalue weighted by molar-refractivity contribution is -0.137. The third-order valence-corrected chi connectivity index (χ3v) is 2.35. The maximum atomic E-state index is 12.6. The van der Waals surface area contributed by atoms with Crippen LogP contribution in [0.15, 0.2) is 36.7 Å².